The van der Waals surface area contributed by atoms with E-state index >= 15 is 0 Å². The predicted octanol–water partition coefficient (Wildman–Crippen LogP) is 2.33. The zero-order valence-electron chi connectivity index (χ0n) is 13.9. The van der Waals surface area contributed by atoms with Gasteiger partial charge < -0.3 is 16.0 Å². The summed E-state index contributed by atoms with van der Waals surface area (Å²) in [6.07, 6.45) is 1.63. The van der Waals surface area contributed by atoms with Gasteiger partial charge in [0.05, 0.1) is 5.54 Å². The lowest BCUT2D eigenvalue weighted by atomic mass is 10.2. The Morgan fingerprint density at radius 3 is 2.36 bits per heavy atom. The van der Waals surface area contributed by atoms with E-state index in [0.717, 1.165) is 50.6 Å². The van der Waals surface area contributed by atoms with Crippen LogP contribution in [0, 0.1) is 0 Å². The lowest BCUT2D eigenvalue weighted by Crippen LogP contribution is -2.50. The molecule has 1 saturated heterocycles. The summed E-state index contributed by atoms with van der Waals surface area (Å²) >= 11 is 6.05. The Balaban J connectivity index is 0.00000192. The van der Waals surface area contributed by atoms with Crippen molar-refractivity contribution in [1.29, 1.82) is 0 Å². The van der Waals surface area contributed by atoms with Crippen molar-refractivity contribution in [3.05, 3.63) is 29.3 Å². The molecular weight excluding hydrogens is 406 g/mol. The molecule has 3 rings (SSSR count). The molecule has 1 aliphatic heterocycles. The van der Waals surface area contributed by atoms with Crippen molar-refractivity contribution in [3.63, 3.8) is 0 Å². The highest BCUT2D eigenvalue weighted by atomic mass is 35.5. The number of anilines is 1. The van der Waals surface area contributed by atoms with Crippen LogP contribution < -0.4 is 16.0 Å². The van der Waals surface area contributed by atoms with E-state index in [0.29, 0.717) is 6.54 Å². The monoisotopic (exact) mass is 430 g/mol. The molecule has 144 valence electrons. The van der Waals surface area contributed by atoms with Crippen LogP contribution in [-0.4, -0.2) is 55.6 Å². The first kappa shape index (κ1) is 24.6. The molecule has 0 unspecified atom stereocenters. The predicted molar refractivity (Wildman–Crippen MR) is 111 cm³/mol. The largest absolute Gasteiger partial charge is 0.369 e. The second-order valence-corrected chi connectivity index (χ2v) is 6.66. The van der Waals surface area contributed by atoms with E-state index in [4.69, 9.17) is 17.3 Å². The molecule has 0 spiro atoms. The van der Waals surface area contributed by atoms with Crippen LogP contribution in [0.2, 0.25) is 5.02 Å². The zero-order valence-corrected chi connectivity index (χ0v) is 17.2. The average molecular weight is 432 g/mol. The van der Waals surface area contributed by atoms with Gasteiger partial charge in [-0.2, -0.15) is 0 Å². The number of hydrogen-bond acceptors (Lipinski definition) is 4. The van der Waals surface area contributed by atoms with Crippen molar-refractivity contribution in [3.8, 4) is 0 Å². The van der Waals surface area contributed by atoms with Gasteiger partial charge in [0.15, 0.2) is 0 Å². The van der Waals surface area contributed by atoms with Gasteiger partial charge in [-0.1, -0.05) is 17.7 Å². The summed E-state index contributed by atoms with van der Waals surface area (Å²) < 4.78 is 0. The van der Waals surface area contributed by atoms with Gasteiger partial charge in [0, 0.05) is 50.0 Å². The van der Waals surface area contributed by atoms with Crippen molar-refractivity contribution in [1.82, 2.24) is 10.2 Å². The summed E-state index contributed by atoms with van der Waals surface area (Å²) in [6, 6.07) is 7.99. The molecule has 1 heterocycles. The Hall–Kier alpha value is -0.430. The molecule has 0 aromatic heterocycles. The quantitative estimate of drug-likeness (QED) is 0.750. The van der Waals surface area contributed by atoms with Gasteiger partial charge in [-0.3, -0.25) is 9.69 Å². The summed E-state index contributed by atoms with van der Waals surface area (Å²) in [5.74, 6) is 0.00469. The van der Waals surface area contributed by atoms with E-state index in [1.54, 1.807) is 0 Å². The fraction of sp³-hybridized carbons (Fsp3) is 0.562. The van der Waals surface area contributed by atoms with Crippen molar-refractivity contribution in [2.75, 3.05) is 44.2 Å². The smallest absolute Gasteiger partial charge is 0.240 e. The normalized spacial score (nSPS) is 18.2. The fourth-order valence-electron chi connectivity index (χ4n) is 2.77. The summed E-state index contributed by atoms with van der Waals surface area (Å²) in [7, 11) is 0. The SMILES string of the molecule is Cl.Cl.Cl.NC1(C(=O)NCCN2CCN(c3cccc(Cl)c3)CC2)CC1. The van der Waals surface area contributed by atoms with E-state index in [1.165, 1.54) is 5.69 Å². The highest BCUT2D eigenvalue weighted by Gasteiger charge is 2.45. The third kappa shape index (κ3) is 6.66. The van der Waals surface area contributed by atoms with Gasteiger partial charge in [0.25, 0.3) is 0 Å². The number of benzene rings is 1. The van der Waals surface area contributed by atoms with E-state index in [1.807, 2.05) is 18.2 Å². The molecule has 3 N–H and O–H groups in total. The van der Waals surface area contributed by atoms with Crippen LogP contribution in [0.1, 0.15) is 12.8 Å². The van der Waals surface area contributed by atoms with Gasteiger partial charge in [0.2, 0.25) is 5.91 Å². The van der Waals surface area contributed by atoms with Crippen molar-refractivity contribution >= 4 is 60.4 Å². The van der Waals surface area contributed by atoms with Gasteiger partial charge >= 0.3 is 0 Å². The Morgan fingerprint density at radius 2 is 1.80 bits per heavy atom. The van der Waals surface area contributed by atoms with Gasteiger partial charge in [-0.15, -0.1) is 37.2 Å². The third-order valence-corrected chi connectivity index (χ3v) is 4.74. The van der Waals surface area contributed by atoms with Crippen LogP contribution in [0.15, 0.2) is 24.3 Å². The minimum absolute atomic E-state index is 0. The molecule has 2 fully saturated rings. The van der Waals surface area contributed by atoms with E-state index in [2.05, 4.69) is 21.2 Å². The van der Waals surface area contributed by atoms with Crippen LogP contribution in [0.25, 0.3) is 0 Å². The Morgan fingerprint density at radius 1 is 1.16 bits per heavy atom. The molecule has 5 nitrogen and oxygen atoms in total. The molecular formula is C16H26Cl4N4O. The Kier molecular flexibility index (Phi) is 10.5. The molecule has 0 bridgehead atoms. The molecule has 0 radical (unpaired) electrons. The summed E-state index contributed by atoms with van der Waals surface area (Å²) in [6.45, 7) is 5.51. The molecule has 1 aliphatic carbocycles. The number of halogens is 4. The standard InChI is InChI=1S/C16H23ClN4O.3ClH/c17-13-2-1-3-14(12-13)21-10-8-20(9-11-21)7-6-19-15(22)16(18)4-5-16;;;/h1-3,12H,4-11,18H2,(H,19,22);3*1H. The molecule has 0 atom stereocenters. The number of nitrogens with zero attached hydrogens (tertiary/aromatic N) is 2. The molecule has 1 saturated carbocycles. The first-order valence-corrected chi connectivity index (χ1v) is 8.25. The molecule has 25 heavy (non-hydrogen) atoms. The van der Waals surface area contributed by atoms with Crippen LogP contribution in [0.5, 0.6) is 0 Å². The second kappa shape index (κ2) is 10.7. The molecule has 1 aromatic rings. The fourth-order valence-corrected chi connectivity index (χ4v) is 2.95. The van der Waals surface area contributed by atoms with Gasteiger partial charge in [-0.25, -0.2) is 0 Å². The number of piperazine rings is 1. The Labute approximate surface area is 172 Å². The highest BCUT2D eigenvalue weighted by molar-refractivity contribution is 6.30. The lowest BCUT2D eigenvalue weighted by molar-refractivity contribution is -0.123. The zero-order chi connectivity index (χ0) is 15.6. The van der Waals surface area contributed by atoms with Crippen molar-refractivity contribution in [2.24, 2.45) is 5.73 Å². The van der Waals surface area contributed by atoms with E-state index in [-0.39, 0.29) is 43.1 Å². The van der Waals surface area contributed by atoms with E-state index in [9.17, 15) is 4.79 Å². The average Bonchev–Trinajstić information content (AvgIpc) is 3.27. The Bertz CT molecular complexity index is 549. The number of amides is 1. The van der Waals surface area contributed by atoms with Crippen LogP contribution in [-0.2, 0) is 4.79 Å². The first-order valence-electron chi connectivity index (χ1n) is 7.87. The number of carbonyl (C=O) groups excluding carboxylic acids is 1. The van der Waals surface area contributed by atoms with Crippen LogP contribution >= 0.6 is 48.8 Å². The van der Waals surface area contributed by atoms with E-state index < -0.39 is 5.54 Å². The van der Waals surface area contributed by atoms with Crippen molar-refractivity contribution < 1.29 is 4.79 Å². The first-order chi connectivity index (χ1) is 10.6. The number of carbonyl (C=O) groups is 1. The maximum Gasteiger partial charge on any atom is 0.240 e. The summed E-state index contributed by atoms with van der Waals surface area (Å²) in [5, 5.41) is 3.72. The second-order valence-electron chi connectivity index (χ2n) is 6.22. The molecule has 9 heteroatoms. The molecule has 1 aromatic carbocycles. The maximum atomic E-state index is 11.8. The number of hydrogen-bond donors (Lipinski definition) is 2. The van der Waals surface area contributed by atoms with Gasteiger partial charge in [0.1, 0.15) is 0 Å². The topological polar surface area (TPSA) is 61.6 Å². The number of rotatable bonds is 5. The maximum absolute atomic E-state index is 11.8. The summed E-state index contributed by atoms with van der Waals surface area (Å²) in [4.78, 5) is 16.5. The van der Waals surface area contributed by atoms with Crippen molar-refractivity contribution in [2.45, 2.75) is 18.4 Å². The summed E-state index contributed by atoms with van der Waals surface area (Å²) in [5.41, 5.74) is 6.48. The molecule has 1 amide bonds. The van der Waals surface area contributed by atoms with Gasteiger partial charge in [-0.05, 0) is 31.0 Å². The minimum atomic E-state index is -0.564. The third-order valence-electron chi connectivity index (χ3n) is 4.50. The number of nitrogens with one attached hydrogen (secondary N) is 1. The number of nitrogens with two attached hydrogens (primary N) is 1. The lowest BCUT2D eigenvalue weighted by Gasteiger charge is -2.36. The highest BCUT2D eigenvalue weighted by Crippen LogP contribution is 2.31. The van der Waals surface area contributed by atoms with Crippen LogP contribution in [0.4, 0.5) is 5.69 Å². The minimum Gasteiger partial charge on any atom is -0.369 e. The van der Waals surface area contributed by atoms with Crippen LogP contribution in [0.3, 0.4) is 0 Å². The molecule has 2 aliphatic rings.